The van der Waals surface area contributed by atoms with Crippen LogP contribution in [-0.4, -0.2) is 86.9 Å². The molecule has 0 aliphatic carbocycles. The van der Waals surface area contributed by atoms with Gasteiger partial charge >= 0.3 is 5.97 Å². The SMILES string of the molecule is CC(O)C(NC(=O)C(Cc1c[nH]c2ccccc12)NC(=O)C(NC(=O)C(N)CCCCN)C(C)O)C(=O)O. The van der Waals surface area contributed by atoms with Crippen molar-refractivity contribution in [1.82, 2.24) is 20.9 Å². The zero-order chi connectivity index (χ0) is 28.4. The Labute approximate surface area is 220 Å². The van der Waals surface area contributed by atoms with Crippen molar-refractivity contribution >= 4 is 34.6 Å². The first-order chi connectivity index (χ1) is 18.0. The molecule has 0 aliphatic rings. The van der Waals surface area contributed by atoms with Gasteiger partial charge in [0.15, 0.2) is 6.04 Å². The van der Waals surface area contributed by atoms with E-state index >= 15 is 0 Å². The summed E-state index contributed by atoms with van der Waals surface area (Å²) in [4.78, 5) is 53.4. The van der Waals surface area contributed by atoms with Gasteiger partial charge in [-0.1, -0.05) is 24.6 Å². The van der Waals surface area contributed by atoms with Crippen LogP contribution in [0.5, 0.6) is 0 Å². The molecule has 210 valence electrons. The quantitative estimate of drug-likeness (QED) is 0.120. The Morgan fingerprint density at radius 3 is 2.16 bits per heavy atom. The van der Waals surface area contributed by atoms with E-state index in [-0.39, 0.29) is 6.42 Å². The van der Waals surface area contributed by atoms with Crippen molar-refractivity contribution < 1.29 is 34.5 Å². The third-order valence-electron chi connectivity index (χ3n) is 6.15. The number of H-pyrrole nitrogens is 1. The minimum absolute atomic E-state index is 0.0488. The number of carbonyl (C=O) groups is 4. The van der Waals surface area contributed by atoms with Crippen LogP contribution in [0.25, 0.3) is 10.9 Å². The lowest BCUT2D eigenvalue weighted by molar-refractivity contribution is -0.145. The number of nitrogens with two attached hydrogens (primary N) is 2. The summed E-state index contributed by atoms with van der Waals surface area (Å²) in [5.74, 6) is -3.85. The molecule has 0 saturated heterocycles. The molecule has 0 fully saturated rings. The number of benzene rings is 1. The van der Waals surface area contributed by atoms with E-state index in [4.69, 9.17) is 11.5 Å². The van der Waals surface area contributed by atoms with Crippen molar-refractivity contribution in [1.29, 1.82) is 0 Å². The maximum atomic E-state index is 13.2. The number of aliphatic hydroxyl groups is 2. The summed E-state index contributed by atoms with van der Waals surface area (Å²) in [5.41, 5.74) is 12.8. The molecule has 38 heavy (non-hydrogen) atoms. The highest BCUT2D eigenvalue weighted by Crippen LogP contribution is 2.19. The summed E-state index contributed by atoms with van der Waals surface area (Å²) in [7, 11) is 0. The summed E-state index contributed by atoms with van der Waals surface area (Å²) >= 11 is 0. The summed E-state index contributed by atoms with van der Waals surface area (Å²) in [6, 6.07) is 1.98. The number of carboxylic acid groups (broad SMARTS) is 1. The van der Waals surface area contributed by atoms with Crippen molar-refractivity contribution in [2.24, 2.45) is 11.5 Å². The van der Waals surface area contributed by atoms with E-state index in [0.29, 0.717) is 31.4 Å². The second-order valence-corrected chi connectivity index (χ2v) is 9.31. The average molecular weight is 535 g/mol. The number of rotatable bonds is 15. The van der Waals surface area contributed by atoms with E-state index in [9.17, 15) is 34.5 Å². The first-order valence-electron chi connectivity index (χ1n) is 12.5. The zero-order valence-electron chi connectivity index (χ0n) is 21.5. The van der Waals surface area contributed by atoms with Crippen LogP contribution in [0, 0.1) is 0 Å². The first kappa shape index (κ1) is 30.7. The van der Waals surface area contributed by atoms with Gasteiger partial charge in [0, 0.05) is 23.5 Å². The number of hydrogen-bond acceptors (Lipinski definition) is 8. The molecular formula is C25H38N6O7. The Kier molecular flexibility index (Phi) is 11.7. The van der Waals surface area contributed by atoms with Crippen molar-refractivity contribution in [3.8, 4) is 0 Å². The molecule has 2 rings (SSSR count). The molecule has 2 aromatic rings. The number of nitrogens with one attached hydrogen (secondary N) is 4. The van der Waals surface area contributed by atoms with E-state index in [1.807, 2.05) is 18.2 Å². The van der Waals surface area contributed by atoms with Gasteiger partial charge < -0.3 is 47.7 Å². The number of carbonyl (C=O) groups excluding carboxylic acids is 3. The van der Waals surface area contributed by atoms with Gasteiger partial charge in [-0.3, -0.25) is 14.4 Å². The lowest BCUT2D eigenvalue weighted by Gasteiger charge is -2.27. The number of amides is 3. The maximum Gasteiger partial charge on any atom is 0.328 e. The second-order valence-electron chi connectivity index (χ2n) is 9.31. The predicted molar refractivity (Wildman–Crippen MR) is 140 cm³/mol. The number of aliphatic hydroxyl groups excluding tert-OH is 2. The third-order valence-corrected chi connectivity index (χ3v) is 6.15. The molecular weight excluding hydrogens is 496 g/mol. The Morgan fingerprint density at radius 2 is 1.55 bits per heavy atom. The minimum atomic E-state index is -1.62. The van der Waals surface area contributed by atoms with E-state index in [1.165, 1.54) is 13.8 Å². The Hall–Kier alpha value is -3.52. The smallest absolute Gasteiger partial charge is 0.328 e. The molecule has 1 heterocycles. The minimum Gasteiger partial charge on any atom is -0.480 e. The molecule has 1 aromatic carbocycles. The number of para-hydroxylation sites is 1. The second kappa shape index (κ2) is 14.4. The molecule has 6 unspecified atom stereocenters. The monoisotopic (exact) mass is 534 g/mol. The highest BCUT2D eigenvalue weighted by Gasteiger charge is 2.33. The maximum absolute atomic E-state index is 13.2. The van der Waals surface area contributed by atoms with Crippen LogP contribution in [0.2, 0.25) is 0 Å². The van der Waals surface area contributed by atoms with Crippen LogP contribution in [0.1, 0.15) is 38.7 Å². The Bertz CT molecular complexity index is 1100. The van der Waals surface area contributed by atoms with E-state index in [0.717, 1.165) is 10.9 Å². The number of unbranched alkanes of at least 4 members (excludes halogenated alkanes) is 1. The number of carboxylic acids is 1. The molecule has 6 atom stereocenters. The molecule has 1 aromatic heterocycles. The molecule has 0 saturated carbocycles. The Balaban J connectivity index is 2.26. The van der Waals surface area contributed by atoms with Crippen LogP contribution in [-0.2, 0) is 25.6 Å². The van der Waals surface area contributed by atoms with Crippen molar-refractivity contribution in [2.45, 2.75) is 75.9 Å². The first-order valence-corrected chi connectivity index (χ1v) is 12.5. The normalized spacial score (nSPS) is 16.1. The lowest BCUT2D eigenvalue weighted by Crippen LogP contribution is -2.60. The summed E-state index contributed by atoms with van der Waals surface area (Å²) in [6.45, 7) is 2.96. The van der Waals surface area contributed by atoms with Gasteiger partial charge in [0.2, 0.25) is 17.7 Å². The summed E-state index contributed by atoms with van der Waals surface area (Å²) < 4.78 is 0. The van der Waals surface area contributed by atoms with Gasteiger partial charge in [0.05, 0.1) is 18.2 Å². The van der Waals surface area contributed by atoms with E-state index in [2.05, 4.69) is 20.9 Å². The van der Waals surface area contributed by atoms with Crippen LogP contribution < -0.4 is 27.4 Å². The van der Waals surface area contributed by atoms with Gasteiger partial charge in [-0.25, -0.2) is 4.79 Å². The third kappa shape index (κ3) is 8.52. The van der Waals surface area contributed by atoms with Gasteiger partial charge in [0.1, 0.15) is 12.1 Å². The largest absolute Gasteiger partial charge is 0.480 e. The fourth-order valence-corrected chi connectivity index (χ4v) is 3.94. The number of fused-ring (bicyclic) bond motifs is 1. The molecule has 0 aliphatic heterocycles. The molecule has 3 amide bonds. The van der Waals surface area contributed by atoms with Crippen LogP contribution in [0.15, 0.2) is 30.5 Å². The molecule has 13 heteroatoms. The molecule has 11 N–H and O–H groups in total. The number of hydrogen-bond donors (Lipinski definition) is 9. The topological polar surface area (TPSA) is 233 Å². The van der Waals surface area contributed by atoms with Gasteiger partial charge in [-0.05, 0) is 44.9 Å². The Morgan fingerprint density at radius 1 is 0.921 bits per heavy atom. The average Bonchev–Trinajstić information content (AvgIpc) is 3.27. The van der Waals surface area contributed by atoms with Crippen molar-refractivity contribution in [2.75, 3.05) is 6.54 Å². The highest BCUT2D eigenvalue weighted by molar-refractivity contribution is 5.95. The van der Waals surface area contributed by atoms with Crippen LogP contribution in [0.3, 0.4) is 0 Å². The zero-order valence-corrected chi connectivity index (χ0v) is 21.5. The van der Waals surface area contributed by atoms with Crippen molar-refractivity contribution in [3.63, 3.8) is 0 Å². The number of aromatic nitrogens is 1. The molecule has 0 radical (unpaired) electrons. The molecule has 13 nitrogen and oxygen atoms in total. The van der Waals surface area contributed by atoms with E-state index < -0.39 is 60.1 Å². The lowest BCUT2D eigenvalue weighted by atomic mass is 10.0. The highest BCUT2D eigenvalue weighted by atomic mass is 16.4. The standard InChI is InChI=1S/C25H38N6O7/c1-13(32)20(30-22(34)17(27)8-5-6-10-26)24(36)29-19(23(35)31-21(14(2)33)25(37)38)11-15-12-28-18-9-4-3-7-16(15)18/h3-4,7,9,12-14,17,19-21,28,32-33H,5-6,8,10-11,26-27H2,1-2H3,(H,29,36)(H,30,34)(H,31,35)(H,37,38). The van der Waals surface area contributed by atoms with Crippen molar-refractivity contribution in [3.05, 3.63) is 36.0 Å². The van der Waals surface area contributed by atoms with Crippen LogP contribution >= 0.6 is 0 Å². The van der Waals surface area contributed by atoms with Gasteiger partial charge in [0.25, 0.3) is 0 Å². The van der Waals surface area contributed by atoms with Gasteiger partial charge in [-0.2, -0.15) is 0 Å². The number of aromatic amines is 1. The van der Waals surface area contributed by atoms with Gasteiger partial charge in [-0.15, -0.1) is 0 Å². The summed E-state index contributed by atoms with van der Waals surface area (Å²) in [6.07, 6.45) is 0.482. The molecule has 0 bridgehead atoms. The predicted octanol–water partition coefficient (Wildman–Crippen LogP) is -1.53. The summed E-state index contributed by atoms with van der Waals surface area (Å²) in [5, 5.41) is 37.4. The molecule has 0 spiro atoms. The van der Waals surface area contributed by atoms with Crippen LogP contribution in [0.4, 0.5) is 0 Å². The van der Waals surface area contributed by atoms with E-state index in [1.54, 1.807) is 12.3 Å². The fraction of sp³-hybridized carbons (Fsp3) is 0.520. The fourth-order valence-electron chi connectivity index (χ4n) is 3.94. The number of aliphatic carboxylic acids is 1.